The molecular formula is C12H18N4O3. The van der Waals surface area contributed by atoms with E-state index in [-0.39, 0.29) is 25.0 Å². The molecule has 2 heterocycles. The van der Waals surface area contributed by atoms with Crippen LogP contribution in [-0.2, 0) is 4.79 Å². The molecule has 19 heavy (non-hydrogen) atoms. The number of carboxylic acids is 1. The fourth-order valence-corrected chi connectivity index (χ4v) is 2.34. The molecule has 7 heteroatoms. The Hall–Kier alpha value is -2.05. The zero-order valence-corrected chi connectivity index (χ0v) is 10.6. The van der Waals surface area contributed by atoms with Gasteiger partial charge in [-0.15, -0.1) is 0 Å². The number of piperidine rings is 1. The second-order valence-electron chi connectivity index (χ2n) is 4.61. The quantitative estimate of drug-likeness (QED) is 0.760. The van der Waals surface area contributed by atoms with Gasteiger partial charge in [-0.05, 0) is 19.3 Å². The third kappa shape index (κ3) is 3.46. The first kappa shape index (κ1) is 13.4. The maximum atomic E-state index is 12.1. The average Bonchev–Trinajstić information content (AvgIpc) is 2.92. The largest absolute Gasteiger partial charge is 0.481 e. The number of amides is 2. The van der Waals surface area contributed by atoms with Crippen LogP contribution < -0.4 is 5.32 Å². The summed E-state index contributed by atoms with van der Waals surface area (Å²) in [7, 11) is 0. The number of carbonyl (C=O) groups excluding carboxylic acids is 1. The zero-order valence-electron chi connectivity index (χ0n) is 10.6. The Kier molecular flexibility index (Phi) is 4.38. The SMILES string of the molecule is O=C(O)CCNC(=O)N1CCCCC1c1cn[nH]c1. The molecule has 1 aromatic rings. The van der Waals surface area contributed by atoms with Crippen molar-refractivity contribution in [3.05, 3.63) is 18.0 Å². The lowest BCUT2D eigenvalue weighted by molar-refractivity contribution is -0.136. The average molecular weight is 266 g/mol. The third-order valence-corrected chi connectivity index (χ3v) is 3.28. The molecule has 2 rings (SSSR count). The first-order chi connectivity index (χ1) is 9.18. The molecule has 1 aromatic heterocycles. The molecule has 1 fully saturated rings. The molecule has 0 aromatic carbocycles. The zero-order chi connectivity index (χ0) is 13.7. The van der Waals surface area contributed by atoms with Gasteiger partial charge in [0.1, 0.15) is 0 Å². The monoisotopic (exact) mass is 266 g/mol. The minimum Gasteiger partial charge on any atom is -0.481 e. The number of aromatic amines is 1. The maximum absolute atomic E-state index is 12.1. The van der Waals surface area contributed by atoms with Gasteiger partial charge in [0.2, 0.25) is 0 Å². The number of carbonyl (C=O) groups is 2. The van der Waals surface area contributed by atoms with Gasteiger partial charge >= 0.3 is 12.0 Å². The number of H-pyrrole nitrogens is 1. The van der Waals surface area contributed by atoms with Gasteiger partial charge in [-0.1, -0.05) is 0 Å². The second kappa shape index (κ2) is 6.21. The predicted octanol–water partition coefficient (Wildman–Crippen LogP) is 1.12. The Balaban J connectivity index is 1.95. The van der Waals surface area contributed by atoms with Crippen LogP contribution in [-0.4, -0.2) is 45.3 Å². The van der Waals surface area contributed by atoms with Gasteiger partial charge in [-0.25, -0.2) is 4.79 Å². The van der Waals surface area contributed by atoms with E-state index in [0.717, 1.165) is 24.8 Å². The van der Waals surface area contributed by atoms with Gasteiger partial charge < -0.3 is 15.3 Å². The van der Waals surface area contributed by atoms with Crippen molar-refractivity contribution in [3.63, 3.8) is 0 Å². The molecule has 2 amide bonds. The molecule has 0 radical (unpaired) electrons. The minimum absolute atomic E-state index is 0.0253. The summed E-state index contributed by atoms with van der Waals surface area (Å²) in [4.78, 5) is 24.3. The van der Waals surface area contributed by atoms with Gasteiger partial charge in [-0.2, -0.15) is 5.10 Å². The molecule has 0 spiro atoms. The lowest BCUT2D eigenvalue weighted by Crippen LogP contribution is -2.45. The Morgan fingerprint density at radius 3 is 3.05 bits per heavy atom. The van der Waals surface area contributed by atoms with Gasteiger partial charge in [0.15, 0.2) is 0 Å². The van der Waals surface area contributed by atoms with Crippen molar-refractivity contribution >= 4 is 12.0 Å². The van der Waals surface area contributed by atoms with Crippen molar-refractivity contribution < 1.29 is 14.7 Å². The number of aromatic nitrogens is 2. The van der Waals surface area contributed by atoms with E-state index in [2.05, 4.69) is 15.5 Å². The number of hydrogen-bond donors (Lipinski definition) is 3. The first-order valence-corrected chi connectivity index (χ1v) is 6.43. The topological polar surface area (TPSA) is 98.3 Å². The second-order valence-corrected chi connectivity index (χ2v) is 4.61. The Labute approximate surface area is 111 Å². The van der Waals surface area contributed by atoms with Crippen LogP contribution in [0.15, 0.2) is 12.4 Å². The van der Waals surface area contributed by atoms with E-state index in [9.17, 15) is 9.59 Å². The molecule has 1 aliphatic rings. The summed E-state index contributed by atoms with van der Waals surface area (Å²) in [5.74, 6) is -0.912. The standard InChI is InChI=1S/C12H18N4O3/c17-11(18)4-5-13-12(19)16-6-2-1-3-10(16)9-7-14-15-8-9/h7-8,10H,1-6H2,(H,13,19)(H,14,15)(H,17,18). The molecule has 0 saturated carbocycles. The molecule has 1 saturated heterocycles. The molecule has 3 N–H and O–H groups in total. The molecular weight excluding hydrogens is 248 g/mol. The number of rotatable bonds is 4. The van der Waals surface area contributed by atoms with E-state index >= 15 is 0 Å². The molecule has 104 valence electrons. The van der Waals surface area contributed by atoms with Crippen LogP contribution in [0, 0.1) is 0 Å². The van der Waals surface area contributed by atoms with Crippen LogP contribution in [0.3, 0.4) is 0 Å². The number of nitrogens with one attached hydrogen (secondary N) is 2. The van der Waals surface area contributed by atoms with E-state index in [0.29, 0.717) is 6.54 Å². The van der Waals surface area contributed by atoms with E-state index in [4.69, 9.17) is 5.11 Å². The maximum Gasteiger partial charge on any atom is 0.317 e. The van der Waals surface area contributed by atoms with Crippen LogP contribution in [0.2, 0.25) is 0 Å². The van der Waals surface area contributed by atoms with Gasteiger partial charge in [0, 0.05) is 24.8 Å². The number of hydrogen-bond acceptors (Lipinski definition) is 3. The van der Waals surface area contributed by atoms with Crippen LogP contribution >= 0.6 is 0 Å². The van der Waals surface area contributed by atoms with Crippen molar-refractivity contribution in [2.75, 3.05) is 13.1 Å². The molecule has 7 nitrogen and oxygen atoms in total. The summed E-state index contributed by atoms with van der Waals surface area (Å²) < 4.78 is 0. The highest BCUT2D eigenvalue weighted by molar-refractivity contribution is 5.75. The number of urea groups is 1. The summed E-state index contributed by atoms with van der Waals surface area (Å²) in [5, 5.41) is 17.9. The highest BCUT2D eigenvalue weighted by Crippen LogP contribution is 2.30. The van der Waals surface area contributed by atoms with Crippen molar-refractivity contribution in [1.29, 1.82) is 0 Å². The fourth-order valence-electron chi connectivity index (χ4n) is 2.34. The van der Waals surface area contributed by atoms with Crippen LogP contribution in [0.1, 0.15) is 37.3 Å². The molecule has 1 unspecified atom stereocenters. The summed E-state index contributed by atoms with van der Waals surface area (Å²) in [5.41, 5.74) is 0.994. The van der Waals surface area contributed by atoms with Crippen molar-refractivity contribution in [2.45, 2.75) is 31.7 Å². The van der Waals surface area contributed by atoms with Crippen molar-refractivity contribution in [2.24, 2.45) is 0 Å². The third-order valence-electron chi connectivity index (χ3n) is 3.28. The van der Waals surface area contributed by atoms with Crippen LogP contribution in [0.4, 0.5) is 4.79 Å². The number of carboxylic acid groups (broad SMARTS) is 1. The number of aliphatic carboxylic acids is 1. The Morgan fingerprint density at radius 2 is 2.37 bits per heavy atom. The predicted molar refractivity (Wildman–Crippen MR) is 67.5 cm³/mol. The molecule has 1 atom stereocenters. The highest BCUT2D eigenvalue weighted by Gasteiger charge is 2.28. The van der Waals surface area contributed by atoms with Gasteiger partial charge in [0.25, 0.3) is 0 Å². The summed E-state index contributed by atoms with van der Waals surface area (Å²) >= 11 is 0. The van der Waals surface area contributed by atoms with Crippen molar-refractivity contribution in [3.8, 4) is 0 Å². The van der Waals surface area contributed by atoms with Crippen molar-refractivity contribution in [1.82, 2.24) is 20.4 Å². The number of likely N-dealkylation sites (tertiary alicyclic amines) is 1. The van der Waals surface area contributed by atoms with E-state index in [1.807, 2.05) is 0 Å². The van der Waals surface area contributed by atoms with Crippen LogP contribution in [0.25, 0.3) is 0 Å². The molecule has 1 aliphatic heterocycles. The highest BCUT2D eigenvalue weighted by atomic mass is 16.4. The van der Waals surface area contributed by atoms with E-state index < -0.39 is 5.97 Å². The summed E-state index contributed by atoms with van der Waals surface area (Å²) in [6, 6.07) is -0.176. The lowest BCUT2D eigenvalue weighted by atomic mass is 9.98. The first-order valence-electron chi connectivity index (χ1n) is 6.43. The fraction of sp³-hybridized carbons (Fsp3) is 0.583. The number of nitrogens with zero attached hydrogens (tertiary/aromatic N) is 2. The normalized spacial score (nSPS) is 19.2. The summed E-state index contributed by atoms with van der Waals surface area (Å²) in [6.07, 6.45) is 6.43. The van der Waals surface area contributed by atoms with Gasteiger partial charge in [0.05, 0.1) is 18.7 Å². The lowest BCUT2D eigenvalue weighted by Gasteiger charge is -2.35. The molecule has 0 bridgehead atoms. The van der Waals surface area contributed by atoms with E-state index in [1.165, 1.54) is 0 Å². The smallest absolute Gasteiger partial charge is 0.317 e. The van der Waals surface area contributed by atoms with E-state index in [1.54, 1.807) is 17.3 Å². The van der Waals surface area contributed by atoms with Gasteiger partial charge in [-0.3, -0.25) is 9.89 Å². The minimum atomic E-state index is -0.912. The molecule has 0 aliphatic carbocycles. The Bertz CT molecular complexity index is 432. The Morgan fingerprint density at radius 1 is 1.53 bits per heavy atom. The summed E-state index contributed by atoms with van der Waals surface area (Å²) in [6.45, 7) is 0.845. The van der Waals surface area contributed by atoms with Crippen LogP contribution in [0.5, 0.6) is 0 Å².